The molecule has 8 nitrogen and oxygen atoms in total. The molecule has 2 heterocycles. The van der Waals surface area contributed by atoms with Gasteiger partial charge < -0.3 is 4.90 Å². The maximum absolute atomic E-state index is 12.4. The van der Waals surface area contributed by atoms with Gasteiger partial charge in [0.05, 0.1) is 16.9 Å². The number of benzene rings is 1. The second-order valence-electron chi connectivity index (χ2n) is 5.44. The van der Waals surface area contributed by atoms with E-state index < -0.39 is 10.0 Å². The van der Waals surface area contributed by atoms with Crippen molar-refractivity contribution in [3.63, 3.8) is 0 Å². The Bertz CT molecular complexity index is 886. The lowest BCUT2D eigenvalue weighted by atomic mass is 10.2. The van der Waals surface area contributed by atoms with Crippen molar-refractivity contribution >= 4 is 44.1 Å². The van der Waals surface area contributed by atoms with Crippen molar-refractivity contribution in [1.29, 1.82) is 0 Å². The van der Waals surface area contributed by atoms with Gasteiger partial charge in [-0.25, -0.2) is 22.3 Å². The molecule has 122 valence electrons. The van der Waals surface area contributed by atoms with Crippen molar-refractivity contribution < 1.29 is 13.0 Å². The van der Waals surface area contributed by atoms with E-state index in [0.717, 1.165) is 23.0 Å². The zero-order valence-corrected chi connectivity index (χ0v) is 14.3. The van der Waals surface area contributed by atoms with Crippen LogP contribution in [0.1, 0.15) is 6.42 Å². The first-order valence-corrected chi connectivity index (χ1v) is 8.79. The van der Waals surface area contributed by atoms with E-state index >= 15 is 0 Å². The molecule has 0 aliphatic carbocycles. The van der Waals surface area contributed by atoms with Crippen LogP contribution in [0.4, 0.5) is 5.69 Å². The Morgan fingerprint density at radius 3 is 2.83 bits per heavy atom. The summed E-state index contributed by atoms with van der Waals surface area (Å²) in [7, 11) is -0.685. The van der Waals surface area contributed by atoms with Gasteiger partial charge in [0.25, 0.3) is 0 Å². The van der Waals surface area contributed by atoms with E-state index in [1.807, 2.05) is 0 Å². The van der Waals surface area contributed by atoms with Crippen molar-refractivity contribution in [1.82, 2.24) is 14.6 Å². The van der Waals surface area contributed by atoms with Gasteiger partial charge >= 0.3 is 0 Å². The lowest BCUT2D eigenvalue weighted by Crippen LogP contribution is -2.24. The summed E-state index contributed by atoms with van der Waals surface area (Å²) in [6, 6.07) is 3.35. The molecule has 0 amide bonds. The summed E-state index contributed by atoms with van der Waals surface area (Å²) in [4.78, 5) is 6.26. The highest BCUT2D eigenvalue weighted by atomic mass is 32.2. The smallest absolute Gasteiger partial charge is 0.244 e. The number of rotatable bonds is 4. The Balaban J connectivity index is 2.06. The van der Waals surface area contributed by atoms with Crippen LogP contribution in [0.3, 0.4) is 0 Å². The molecule has 1 fully saturated rings. The first-order valence-electron chi connectivity index (χ1n) is 6.95. The molecule has 10 heteroatoms. The second kappa shape index (κ2) is 5.97. The van der Waals surface area contributed by atoms with Crippen LogP contribution in [0, 0.1) is 0 Å². The third kappa shape index (κ3) is 2.74. The maximum Gasteiger partial charge on any atom is 0.244 e. The molecular weight excluding hydrogens is 338 g/mol. The summed E-state index contributed by atoms with van der Waals surface area (Å²) >= 11 is 4.65. The van der Waals surface area contributed by atoms with Gasteiger partial charge in [0.2, 0.25) is 10.0 Å². The average molecular weight is 353 g/mol. The number of hydrogen-bond donors (Lipinski definition) is 0. The van der Waals surface area contributed by atoms with Crippen molar-refractivity contribution in [3.05, 3.63) is 12.1 Å². The Hall–Kier alpha value is -1.87. The third-order valence-electron chi connectivity index (χ3n) is 3.86. The molecule has 2 aromatic rings. The highest BCUT2D eigenvalue weighted by Gasteiger charge is 2.28. The first kappa shape index (κ1) is 16.0. The number of thiocarbonyl (C=S) groups is 1. The van der Waals surface area contributed by atoms with E-state index in [4.69, 9.17) is 4.63 Å². The largest absolute Gasteiger partial charge is 0.367 e. The number of isothiocyanates is 1. The van der Waals surface area contributed by atoms with Crippen LogP contribution in [0.2, 0.25) is 0 Å². The molecule has 23 heavy (non-hydrogen) atoms. The highest BCUT2D eigenvalue weighted by Crippen LogP contribution is 2.32. The normalized spacial score (nSPS) is 18.6. The fourth-order valence-corrected chi connectivity index (χ4v) is 3.79. The standard InChI is InChI=1S/C13H15N5O3S2/c1-17(2)23(19,20)11-4-3-10(12-13(11)16-21-15-12)18-6-5-9(7-18)14-8-22/h3-4,9H,5-7H2,1-2H3/t9-/m1/s1. The van der Waals surface area contributed by atoms with Crippen LogP contribution in [-0.4, -0.2) is 61.4 Å². The van der Waals surface area contributed by atoms with Crippen LogP contribution in [0.15, 0.2) is 26.6 Å². The number of aliphatic imine (C=N–C) groups is 1. The predicted octanol–water partition coefficient (Wildman–Crippen LogP) is 1.15. The van der Waals surface area contributed by atoms with Crippen LogP contribution in [0.25, 0.3) is 11.0 Å². The zero-order chi connectivity index (χ0) is 16.6. The number of hydrogen-bond acceptors (Lipinski definition) is 8. The van der Waals surface area contributed by atoms with Crippen molar-refractivity contribution in [3.8, 4) is 0 Å². The first-order chi connectivity index (χ1) is 10.9. The number of anilines is 1. The molecular formula is C13H15N5O3S2. The van der Waals surface area contributed by atoms with Crippen LogP contribution < -0.4 is 4.90 Å². The summed E-state index contributed by atoms with van der Waals surface area (Å²) < 4.78 is 30.7. The van der Waals surface area contributed by atoms with Gasteiger partial charge in [0.15, 0.2) is 11.0 Å². The van der Waals surface area contributed by atoms with Gasteiger partial charge in [-0.2, -0.15) is 0 Å². The predicted molar refractivity (Wildman–Crippen MR) is 88.3 cm³/mol. The van der Waals surface area contributed by atoms with Crippen molar-refractivity contribution in [2.45, 2.75) is 17.4 Å². The van der Waals surface area contributed by atoms with E-state index in [2.05, 4.69) is 37.6 Å². The molecule has 1 aliphatic rings. The lowest BCUT2D eigenvalue weighted by molar-refractivity contribution is 0.315. The summed E-state index contributed by atoms with van der Waals surface area (Å²) in [5.74, 6) is 0. The molecule has 0 bridgehead atoms. The van der Waals surface area contributed by atoms with Crippen LogP contribution >= 0.6 is 12.2 Å². The number of nitrogens with zero attached hydrogens (tertiary/aromatic N) is 5. The summed E-state index contributed by atoms with van der Waals surface area (Å²) in [5, 5.41) is 10.1. The summed E-state index contributed by atoms with van der Waals surface area (Å²) in [6.45, 7) is 1.44. The SMILES string of the molecule is CN(C)S(=O)(=O)c1ccc(N2CC[C@@H](N=C=S)C2)c2nonc12. The Labute approximate surface area is 138 Å². The van der Waals surface area contributed by atoms with E-state index in [1.54, 1.807) is 6.07 Å². The Morgan fingerprint density at radius 2 is 2.13 bits per heavy atom. The second-order valence-corrected chi connectivity index (χ2v) is 7.74. The molecule has 0 radical (unpaired) electrons. The quantitative estimate of drug-likeness (QED) is 0.601. The minimum atomic E-state index is -3.62. The topological polar surface area (TPSA) is 91.9 Å². The van der Waals surface area contributed by atoms with Crippen LogP contribution in [-0.2, 0) is 10.0 Å². The van der Waals surface area contributed by atoms with Gasteiger partial charge in [-0.05, 0) is 41.1 Å². The van der Waals surface area contributed by atoms with Crippen molar-refractivity contribution in [2.75, 3.05) is 32.1 Å². The zero-order valence-electron chi connectivity index (χ0n) is 12.6. The lowest BCUT2D eigenvalue weighted by Gasteiger charge is -2.19. The molecule has 1 aromatic carbocycles. The van der Waals surface area contributed by atoms with Gasteiger partial charge in [0, 0.05) is 27.2 Å². The number of aromatic nitrogens is 2. The number of sulfonamides is 1. The van der Waals surface area contributed by atoms with Gasteiger partial charge in [0.1, 0.15) is 4.90 Å². The minimum Gasteiger partial charge on any atom is -0.367 e. The molecule has 0 unspecified atom stereocenters. The fourth-order valence-electron chi connectivity index (χ4n) is 2.63. The summed E-state index contributed by atoms with van der Waals surface area (Å²) in [5.41, 5.74) is 1.44. The molecule has 0 spiro atoms. The molecule has 1 aromatic heterocycles. The van der Waals surface area contributed by atoms with Crippen LogP contribution in [0.5, 0.6) is 0 Å². The summed E-state index contributed by atoms with van der Waals surface area (Å²) in [6.07, 6.45) is 0.855. The maximum atomic E-state index is 12.4. The van der Waals surface area contributed by atoms with Gasteiger partial charge in [-0.1, -0.05) is 0 Å². The third-order valence-corrected chi connectivity index (χ3v) is 5.81. The number of fused-ring (bicyclic) bond motifs is 1. The molecule has 1 atom stereocenters. The molecule has 3 rings (SSSR count). The van der Waals surface area contributed by atoms with E-state index in [1.165, 1.54) is 20.2 Å². The minimum absolute atomic E-state index is 0.0789. The van der Waals surface area contributed by atoms with Gasteiger partial charge in [-0.15, -0.1) is 0 Å². The fraction of sp³-hybridized carbons (Fsp3) is 0.462. The molecule has 0 saturated carbocycles. The van der Waals surface area contributed by atoms with Crippen molar-refractivity contribution in [2.24, 2.45) is 4.99 Å². The van der Waals surface area contributed by atoms with E-state index in [0.29, 0.717) is 12.1 Å². The molecule has 1 saturated heterocycles. The Kier molecular flexibility index (Phi) is 4.15. The Morgan fingerprint density at radius 1 is 1.39 bits per heavy atom. The van der Waals surface area contributed by atoms with Gasteiger partial charge in [-0.3, -0.25) is 0 Å². The van der Waals surface area contributed by atoms with E-state index in [-0.39, 0.29) is 16.5 Å². The average Bonchev–Trinajstić information content (AvgIpc) is 3.15. The molecule has 0 N–H and O–H groups in total. The highest BCUT2D eigenvalue weighted by molar-refractivity contribution is 7.89. The van der Waals surface area contributed by atoms with E-state index in [9.17, 15) is 8.42 Å². The molecule has 1 aliphatic heterocycles. The monoisotopic (exact) mass is 353 g/mol.